The van der Waals surface area contributed by atoms with E-state index in [-0.39, 0.29) is 17.1 Å². The highest BCUT2D eigenvalue weighted by Crippen LogP contribution is 2.15. The van der Waals surface area contributed by atoms with Gasteiger partial charge in [-0.15, -0.1) is 0 Å². The van der Waals surface area contributed by atoms with Gasteiger partial charge in [0.05, 0.1) is 11.3 Å². The largest absolute Gasteiger partial charge is 0.430 e. The van der Waals surface area contributed by atoms with Gasteiger partial charge in [-0.05, 0) is 19.4 Å². The first kappa shape index (κ1) is 16.4. The van der Waals surface area contributed by atoms with Crippen molar-refractivity contribution in [1.82, 2.24) is 19.7 Å². The Bertz CT molecular complexity index is 1030. The SMILES string of the molecule is CCc1cc(=O)[nH]c(-n2nc(C)cc2NC(=O)c2ccc(=O)oc2)n1. The van der Waals surface area contributed by atoms with Crippen LogP contribution in [0.4, 0.5) is 5.82 Å². The second-order valence-corrected chi connectivity index (χ2v) is 5.29. The van der Waals surface area contributed by atoms with Crippen LogP contribution >= 0.6 is 0 Å². The van der Waals surface area contributed by atoms with Crippen LogP contribution in [0, 0.1) is 6.92 Å². The van der Waals surface area contributed by atoms with Crippen molar-refractivity contribution in [2.75, 3.05) is 5.32 Å². The minimum absolute atomic E-state index is 0.175. The number of hydrogen-bond donors (Lipinski definition) is 2. The van der Waals surface area contributed by atoms with Gasteiger partial charge in [-0.25, -0.2) is 9.78 Å². The smallest absolute Gasteiger partial charge is 0.335 e. The standard InChI is InChI=1S/C16H15N5O4/c1-3-11-7-13(22)19-16(17-11)21-12(6-9(2)20-21)18-15(24)10-4-5-14(23)25-8-10/h4-8H,3H2,1-2H3,(H,18,24)(H,17,19,22). The minimum Gasteiger partial charge on any atom is -0.430 e. The normalized spacial score (nSPS) is 10.6. The Morgan fingerprint density at radius 1 is 1.32 bits per heavy atom. The van der Waals surface area contributed by atoms with E-state index in [1.165, 1.54) is 16.8 Å². The molecular weight excluding hydrogens is 326 g/mol. The number of aryl methyl sites for hydroxylation is 2. The van der Waals surface area contributed by atoms with E-state index in [1.54, 1.807) is 13.0 Å². The van der Waals surface area contributed by atoms with Gasteiger partial charge in [0.2, 0.25) is 5.95 Å². The number of amides is 1. The second kappa shape index (κ2) is 6.56. The number of nitrogens with zero attached hydrogens (tertiary/aromatic N) is 3. The third-order valence-corrected chi connectivity index (χ3v) is 3.38. The lowest BCUT2D eigenvalue weighted by atomic mass is 10.3. The van der Waals surface area contributed by atoms with Gasteiger partial charge in [-0.1, -0.05) is 6.92 Å². The van der Waals surface area contributed by atoms with Crippen LogP contribution in [0.25, 0.3) is 5.95 Å². The van der Waals surface area contributed by atoms with Crippen LogP contribution in [0.1, 0.15) is 28.7 Å². The molecule has 0 aromatic carbocycles. The maximum Gasteiger partial charge on any atom is 0.335 e. The first-order valence-corrected chi connectivity index (χ1v) is 7.53. The number of H-pyrrole nitrogens is 1. The summed E-state index contributed by atoms with van der Waals surface area (Å²) in [6, 6.07) is 5.55. The van der Waals surface area contributed by atoms with Crippen molar-refractivity contribution in [2.45, 2.75) is 20.3 Å². The molecular formula is C16H15N5O4. The number of nitrogens with one attached hydrogen (secondary N) is 2. The molecule has 0 fully saturated rings. The van der Waals surface area contributed by atoms with Crippen LogP contribution in [0.5, 0.6) is 0 Å². The third kappa shape index (κ3) is 3.55. The number of hydrogen-bond acceptors (Lipinski definition) is 6. The van der Waals surface area contributed by atoms with E-state index in [4.69, 9.17) is 0 Å². The van der Waals surface area contributed by atoms with Crippen LogP contribution in [0.15, 0.2) is 44.5 Å². The highest BCUT2D eigenvalue weighted by Gasteiger charge is 2.15. The molecule has 0 spiro atoms. The fourth-order valence-corrected chi connectivity index (χ4v) is 2.20. The number of carbonyl (C=O) groups excluding carboxylic acids is 1. The van der Waals surface area contributed by atoms with E-state index in [0.29, 0.717) is 23.6 Å². The molecule has 0 atom stereocenters. The van der Waals surface area contributed by atoms with Gasteiger partial charge >= 0.3 is 5.63 Å². The van der Waals surface area contributed by atoms with E-state index >= 15 is 0 Å². The highest BCUT2D eigenvalue weighted by atomic mass is 16.4. The Kier molecular flexibility index (Phi) is 4.29. The summed E-state index contributed by atoms with van der Waals surface area (Å²) in [5.74, 6) is 0.0383. The fourth-order valence-electron chi connectivity index (χ4n) is 2.20. The molecule has 9 nitrogen and oxygen atoms in total. The number of rotatable bonds is 4. The van der Waals surface area contributed by atoms with E-state index in [1.807, 2.05) is 6.92 Å². The van der Waals surface area contributed by atoms with Gasteiger partial charge in [0.15, 0.2) is 0 Å². The zero-order chi connectivity index (χ0) is 18.0. The van der Waals surface area contributed by atoms with E-state index < -0.39 is 11.5 Å². The first-order chi connectivity index (χ1) is 12.0. The van der Waals surface area contributed by atoms with Crippen molar-refractivity contribution < 1.29 is 9.21 Å². The maximum atomic E-state index is 12.3. The second-order valence-electron chi connectivity index (χ2n) is 5.29. The zero-order valence-electron chi connectivity index (χ0n) is 13.6. The lowest BCUT2D eigenvalue weighted by molar-refractivity contribution is 0.102. The lowest BCUT2D eigenvalue weighted by Crippen LogP contribution is -2.19. The maximum absolute atomic E-state index is 12.3. The van der Waals surface area contributed by atoms with Gasteiger partial charge < -0.3 is 9.73 Å². The van der Waals surface area contributed by atoms with E-state index in [2.05, 4.69) is 24.8 Å². The van der Waals surface area contributed by atoms with Gasteiger partial charge in [0, 0.05) is 23.9 Å². The average molecular weight is 341 g/mol. The monoisotopic (exact) mass is 341 g/mol. The van der Waals surface area contributed by atoms with Crippen LogP contribution in [-0.4, -0.2) is 25.7 Å². The Labute approximate surface area is 141 Å². The summed E-state index contributed by atoms with van der Waals surface area (Å²) in [6.45, 7) is 3.63. The Morgan fingerprint density at radius 3 is 2.80 bits per heavy atom. The molecule has 0 aliphatic heterocycles. The Morgan fingerprint density at radius 2 is 2.12 bits per heavy atom. The molecule has 1 amide bonds. The summed E-state index contributed by atoms with van der Waals surface area (Å²) in [5, 5.41) is 6.91. The molecule has 0 saturated carbocycles. The van der Waals surface area contributed by atoms with Gasteiger partial charge in [0.25, 0.3) is 11.5 Å². The number of anilines is 1. The number of aromatic amines is 1. The fraction of sp³-hybridized carbons (Fsp3) is 0.188. The molecule has 0 aliphatic rings. The molecule has 3 aromatic heterocycles. The Balaban J connectivity index is 1.97. The van der Waals surface area contributed by atoms with Crippen molar-refractivity contribution in [3.63, 3.8) is 0 Å². The molecule has 3 rings (SSSR count). The molecule has 9 heteroatoms. The quantitative estimate of drug-likeness (QED) is 0.731. The molecule has 0 saturated heterocycles. The van der Waals surface area contributed by atoms with Crippen LogP contribution in [0.3, 0.4) is 0 Å². The molecule has 25 heavy (non-hydrogen) atoms. The summed E-state index contributed by atoms with van der Waals surface area (Å²) < 4.78 is 6.02. The Hall–Kier alpha value is -3.49. The summed E-state index contributed by atoms with van der Waals surface area (Å²) in [4.78, 5) is 42.0. The zero-order valence-corrected chi connectivity index (χ0v) is 13.6. The molecule has 0 radical (unpaired) electrons. The summed E-state index contributed by atoms with van der Waals surface area (Å²) in [7, 11) is 0. The highest BCUT2D eigenvalue weighted by molar-refractivity contribution is 6.03. The topological polar surface area (TPSA) is 123 Å². The van der Waals surface area contributed by atoms with E-state index in [9.17, 15) is 14.4 Å². The average Bonchev–Trinajstić information content (AvgIpc) is 2.95. The van der Waals surface area contributed by atoms with E-state index in [0.717, 1.165) is 12.3 Å². The number of carbonyl (C=O) groups is 1. The van der Waals surface area contributed by atoms with Crippen molar-refractivity contribution in [3.05, 3.63) is 68.3 Å². The predicted molar refractivity (Wildman–Crippen MR) is 89.0 cm³/mol. The minimum atomic E-state index is -0.546. The lowest BCUT2D eigenvalue weighted by Gasteiger charge is -2.08. The summed E-state index contributed by atoms with van der Waals surface area (Å²) >= 11 is 0. The summed E-state index contributed by atoms with van der Waals surface area (Å²) in [6.07, 6.45) is 1.66. The van der Waals surface area contributed by atoms with Gasteiger partial charge in [-0.3, -0.25) is 14.6 Å². The van der Waals surface area contributed by atoms with Gasteiger partial charge in [-0.2, -0.15) is 9.78 Å². The van der Waals surface area contributed by atoms with Crippen LogP contribution < -0.4 is 16.5 Å². The molecule has 2 N–H and O–H groups in total. The van der Waals surface area contributed by atoms with Crippen molar-refractivity contribution in [1.29, 1.82) is 0 Å². The van der Waals surface area contributed by atoms with Crippen LogP contribution in [0.2, 0.25) is 0 Å². The molecule has 3 heterocycles. The molecule has 3 aromatic rings. The van der Waals surface area contributed by atoms with Crippen molar-refractivity contribution >= 4 is 11.7 Å². The molecule has 0 unspecified atom stereocenters. The number of aromatic nitrogens is 4. The predicted octanol–water partition coefficient (Wildman–Crippen LogP) is 1.03. The van der Waals surface area contributed by atoms with Gasteiger partial charge in [0.1, 0.15) is 12.1 Å². The first-order valence-electron chi connectivity index (χ1n) is 7.53. The molecule has 128 valence electrons. The van der Waals surface area contributed by atoms with Crippen molar-refractivity contribution in [3.8, 4) is 5.95 Å². The summed E-state index contributed by atoms with van der Waals surface area (Å²) in [5.41, 5.74) is 0.551. The van der Waals surface area contributed by atoms with Crippen molar-refractivity contribution in [2.24, 2.45) is 0 Å². The molecule has 0 bridgehead atoms. The third-order valence-electron chi connectivity index (χ3n) is 3.38. The van der Waals surface area contributed by atoms with Crippen LogP contribution in [-0.2, 0) is 6.42 Å². The molecule has 0 aliphatic carbocycles.